The van der Waals surface area contributed by atoms with Gasteiger partial charge in [-0.2, -0.15) is 0 Å². The average Bonchev–Trinajstić information content (AvgIpc) is 2.58. The lowest BCUT2D eigenvalue weighted by atomic mass is 9.83. The average molecular weight is 320 g/mol. The zero-order valence-electron chi connectivity index (χ0n) is 13.2. The van der Waals surface area contributed by atoms with Crippen molar-refractivity contribution in [2.45, 2.75) is 18.9 Å². The third kappa shape index (κ3) is 3.08. The maximum Gasteiger partial charge on any atom is 0.228 e. The van der Waals surface area contributed by atoms with Crippen LogP contribution in [0, 0.1) is 11.7 Å². The molecule has 124 valence electrons. The van der Waals surface area contributed by atoms with Gasteiger partial charge in [0.25, 0.3) is 0 Å². The number of morpholine rings is 1. The minimum atomic E-state index is -0.548. The third-order valence-corrected chi connectivity index (χ3v) is 4.72. The van der Waals surface area contributed by atoms with Gasteiger partial charge in [-0.25, -0.2) is 4.39 Å². The van der Waals surface area contributed by atoms with Gasteiger partial charge in [-0.1, -0.05) is 18.2 Å². The molecule has 0 radical (unpaired) electrons. The zero-order chi connectivity index (χ0) is 16.4. The zero-order valence-corrected chi connectivity index (χ0v) is 13.2. The number of amides is 2. The number of hydrogen-bond donors (Lipinski definition) is 0. The SMILES string of the molecule is CN1C(=O)CCC(C(=O)N2CCOCC2)C1c1ccccc1F. The van der Waals surface area contributed by atoms with Crippen LogP contribution in [0.25, 0.3) is 0 Å². The molecule has 1 aromatic carbocycles. The molecule has 2 atom stereocenters. The van der Waals surface area contributed by atoms with E-state index in [2.05, 4.69) is 0 Å². The van der Waals surface area contributed by atoms with E-state index in [1.807, 2.05) is 0 Å². The van der Waals surface area contributed by atoms with Crippen molar-refractivity contribution in [3.05, 3.63) is 35.6 Å². The molecule has 0 N–H and O–H groups in total. The van der Waals surface area contributed by atoms with Crippen LogP contribution < -0.4 is 0 Å². The number of piperidine rings is 1. The molecule has 1 aromatic rings. The highest BCUT2D eigenvalue weighted by Crippen LogP contribution is 2.38. The number of benzene rings is 1. The molecule has 2 fully saturated rings. The van der Waals surface area contributed by atoms with Gasteiger partial charge >= 0.3 is 0 Å². The molecular formula is C17H21FN2O3. The van der Waals surface area contributed by atoms with Gasteiger partial charge in [0.2, 0.25) is 11.8 Å². The fourth-order valence-corrected chi connectivity index (χ4v) is 3.46. The molecule has 3 rings (SSSR count). The van der Waals surface area contributed by atoms with E-state index in [-0.39, 0.29) is 17.6 Å². The fourth-order valence-electron chi connectivity index (χ4n) is 3.46. The van der Waals surface area contributed by atoms with Gasteiger partial charge in [0, 0.05) is 32.1 Å². The van der Waals surface area contributed by atoms with Crippen LogP contribution in [0.1, 0.15) is 24.4 Å². The monoisotopic (exact) mass is 320 g/mol. The summed E-state index contributed by atoms with van der Waals surface area (Å²) in [5, 5.41) is 0. The molecular weight excluding hydrogens is 299 g/mol. The van der Waals surface area contributed by atoms with Crippen LogP contribution in [0.3, 0.4) is 0 Å². The van der Waals surface area contributed by atoms with Crippen molar-refractivity contribution in [2.24, 2.45) is 5.92 Å². The highest BCUT2D eigenvalue weighted by atomic mass is 19.1. The highest BCUT2D eigenvalue weighted by Gasteiger charge is 2.41. The molecule has 0 aromatic heterocycles. The molecule has 2 amide bonds. The van der Waals surface area contributed by atoms with E-state index in [1.54, 1.807) is 30.1 Å². The number of carbonyl (C=O) groups excluding carboxylic acids is 2. The number of rotatable bonds is 2. The molecule has 6 heteroatoms. The standard InChI is InChI=1S/C17H21FN2O3/c1-19-15(21)7-6-13(17(22)20-8-10-23-11-9-20)16(19)12-4-2-3-5-14(12)18/h2-5,13,16H,6-11H2,1H3. The van der Waals surface area contributed by atoms with Crippen LogP contribution in [0.15, 0.2) is 24.3 Å². The minimum absolute atomic E-state index is 0.0131. The Morgan fingerprint density at radius 2 is 1.96 bits per heavy atom. The predicted octanol–water partition coefficient (Wildman–Crippen LogP) is 1.59. The van der Waals surface area contributed by atoms with E-state index >= 15 is 0 Å². The molecule has 23 heavy (non-hydrogen) atoms. The Morgan fingerprint density at radius 1 is 1.26 bits per heavy atom. The van der Waals surface area contributed by atoms with Gasteiger partial charge in [0.05, 0.1) is 25.2 Å². The van der Waals surface area contributed by atoms with Crippen LogP contribution in [-0.4, -0.2) is 55.0 Å². The maximum absolute atomic E-state index is 14.3. The molecule has 2 aliphatic rings. The number of ether oxygens (including phenoxy) is 1. The van der Waals surface area contributed by atoms with Crippen LogP contribution in [0.2, 0.25) is 0 Å². The lowest BCUT2D eigenvalue weighted by molar-refractivity contribution is -0.149. The second kappa shape index (κ2) is 6.66. The molecule has 0 bridgehead atoms. The van der Waals surface area contributed by atoms with Crippen molar-refractivity contribution in [1.29, 1.82) is 0 Å². The number of hydrogen-bond acceptors (Lipinski definition) is 3. The number of carbonyl (C=O) groups is 2. The van der Waals surface area contributed by atoms with Crippen LogP contribution in [0.5, 0.6) is 0 Å². The fraction of sp³-hybridized carbons (Fsp3) is 0.529. The van der Waals surface area contributed by atoms with Crippen molar-refractivity contribution in [1.82, 2.24) is 9.80 Å². The number of likely N-dealkylation sites (tertiary alicyclic amines) is 1. The van der Waals surface area contributed by atoms with E-state index in [0.29, 0.717) is 44.7 Å². The summed E-state index contributed by atoms with van der Waals surface area (Å²) >= 11 is 0. The Labute approximate surface area is 135 Å². The van der Waals surface area contributed by atoms with Crippen molar-refractivity contribution in [3.8, 4) is 0 Å². The Hall–Kier alpha value is -1.95. The molecule has 2 unspecified atom stereocenters. The van der Waals surface area contributed by atoms with Gasteiger partial charge in [-0.3, -0.25) is 9.59 Å². The van der Waals surface area contributed by atoms with Gasteiger partial charge in [0.15, 0.2) is 0 Å². The van der Waals surface area contributed by atoms with Crippen LogP contribution in [-0.2, 0) is 14.3 Å². The molecule has 2 aliphatic heterocycles. The van der Waals surface area contributed by atoms with E-state index in [4.69, 9.17) is 4.74 Å². The molecule has 0 spiro atoms. The molecule has 2 saturated heterocycles. The van der Waals surface area contributed by atoms with Crippen molar-refractivity contribution in [3.63, 3.8) is 0 Å². The number of halogens is 1. The van der Waals surface area contributed by atoms with E-state index < -0.39 is 12.0 Å². The summed E-state index contributed by atoms with van der Waals surface area (Å²) < 4.78 is 19.6. The Morgan fingerprint density at radius 3 is 2.65 bits per heavy atom. The first-order valence-electron chi connectivity index (χ1n) is 7.96. The maximum atomic E-state index is 14.3. The third-order valence-electron chi connectivity index (χ3n) is 4.72. The van der Waals surface area contributed by atoms with Gasteiger partial charge in [0.1, 0.15) is 5.82 Å². The number of nitrogens with zero attached hydrogens (tertiary/aromatic N) is 2. The normalized spacial score (nSPS) is 25.6. The van der Waals surface area contributed by atoms with E-state index in [1.165, 1.54) is 11.0 Å². The summed E-state index contributed by atoms with van der Waals surface area (Å²) in [5.41, 5.74) is 0.412. The van der Waals surface area contributed by atoms with Crippen molar-refractivity contribution >= 4 is 11.8 Å². The van der Waals surface area contributed by atoms with Crippen molar-refractivity contribution < 1.29 is 18.7 Å². The molecule has 0 saturated carbocycles. The van der Waals surface area contributed by atoms with E-state index in [0.717, 1.165) is 0 Å². The summed E-state index contributed by atoms with van der Waals surface area (Å²) in [6, 6.07) is 5.84. The van der Waals surface area contributed by atoms with E-state index in [9.17, 15) is 14.0 Å². The first kappa shape index (κ1) is 15.9. The smallest absolute Gasteiger partial charge is 0.228 e. The minimum Gasteiger partial charge on any atom is -0.378 e. The summed E-state index contributed by atoms with van der Waals surface area (Å²) in [5.74, 6) is -0.850. The summed E-state index contributed by atoms with van der Waals surface area (Å²) in [6.45, 7) is 2.16. The summed E-state index contributed by atoms with van der Waals surface area (Å²) in [6.07, 6.45) is 0.778. The van der Waals surface area contributed by atoms with Gasteiger partial charge in [-0.05, 0) is 12.5 Å². The van der Waals surface area contributed by atoms with Gasteiger partial charge < -0.3 is 14.5 Å². The summed E-state index contributed by atoms with van der Waals surface area (Å²) in [7, 11) is 1.65. The second-order valence-electron chi connectivity index (χ2n) is 6.05. The lowest BCUT2D eigenvalue weighted by Gasteiger charge is -2.41. The Bertz CT molecular complexity index is 601. The Balaban J connectivity index is 1.91. The first-order chi connectivity index (χ1) is 11.1. The largest absolute Gasteiger partial charge is 0.378 e. The topological polar surface area (TPSA) is 49.9 Å². The van der Waals surface area contributed by atoms with Crippen LogP contribution in [0.4, 0.5) is 4.39 Å². The van der Waals surface area contributed by atoms with Gasteiger partial charge in [-0.15, -0.1) is 0 Å². The van der Waals surface area contributed by atoms with Crippen LogP contribution >= 0.6 is 0 Å². The quantitative estimate of drug-likeness (QED) is 0.831. The molecule has 5 nitrogen and oxygen atoms in total. The second-order valence-corrected chi connectivity index (χ2v) is 6.05. The van der Waals surface area contributed by atoms with Crippen molar-refractivity contribution in [2.75, 3.05) is 33.4 Å². The highest BCUT2D eigenvalue weighted by molar-refractivity contribution is 5.85. The Kier molecular flexibility index (Phi) is 4.61. The molecule has 2 heterocycles. The first-order valence-corrected chi connectivity index (χ1v) is 7.96. The predicted molar refractivity (Wildman–Crippen MR) is 82.0 cm³/mol. The molecule has 0 aliphatic carbocycles. The lowest BCUT2D eigenvalue weighted by Crippen LogP contribution is -2.50. The summed E-state index contributed by atoms with van der Waals surface area (Å²) in [4.78, 5) is 28.3.